The Morgan fingerprint density at radius 1 is 1.05 bits per heavy atom. The van der Waals surface area contributed by atoms with E-state index in [1.54, 1.807) is 0 Å². The van der Waals surface area contributed by atoms with E-state index in [1.807, 2.05) is 42.5 Å². The van der Waals surface area contributed by atoms with Gasteiger partial charge in [-0.3, -0.25) is 0 Å². The van der Waals surface area contributed by atoms with E-state index >= 15 is 0 Å². The van der Waals surface area contributed by atoms with Crippen LogP contribution in [0.25, 0.3) is 0 Å². The van der Waals surface area contributed by atoms with E-state index in [0.29, 0.717) is 5.92 Å². The van der Waals surface area contributed by atoms with Gasteiger partial charge in [0.15, 0.2) is 4.46 Å². The topological polar surface area (TPSA) is 15.3 Å². The van der Waals surface area contributed by atoms with E-state index in [0.717, 1.165) is 36.4 Å². The van der Waals surface area contributed by atoms with Gasteiger partial charge in [0, 0.05) is 18.7 Å². The monoisotopic (exact) mass is 334 g/mol. The second-order valence-corrected chi connectivity index (χ2v) is 7.37. The summed E-state index contributed by atoms with van der Waals surface area (Å²) in [4.78, 5) is 2.10. The van der Waals surface area contributed by atoms with Crippen LogP contribution in [-0.2, 0) is 0 Å². The number of nitrogens with zero attached hydrogens (tertiary/aromatic N) is 1. The molecule has 1 aliphatic rings. The summed E-state index contributed by atoms with van der Waals surface area (Å²) in [5, 5.41) is 3.46. The number of hydrogen-bond acceptors (Lipinski definition) is 2. The van der Waals surface area contributed by atoms with Crippen molar-refractivity contribution < 1.29 is 0 Å². The van der Waals surface area contributed by atoms with Crippen molar-refractivity contribution in [2.45, 2.75) is 24.2 Å². The van der Waals surface area contributed by atoms with Crippen molar-refractivity contribution in [3.63, 3.8) is 0 Å². The molecule has 1 heterocycles. The van der Waals surface area contributed by atoms with Gasteiger partial charge in [0.2, 0.25) is 0 Å². The first-order valence-electron chi connectivity index (χ1n) is 7.63. The van der Waals surface area contributed by atoms with Gasteiger partial charge in [-0.25, -0.2) is 0 Å². The molecular weight excluding hydrogens is 315 g/mol. The lowest BCUT2D eigenvalue weighted by molar-refractivity contribution is 0.394. The van der Waals surface area contributed by atoms with Crippen LogP contribution in [0.5, 0.6) is 0 Å². The predicted octanol–water partition coefficient (Wildman–Crippen LogP) is 5.80. The summed E-state index contributed by atoms with van der Waals surface area (Å²) in [5.74, 6) is 0.542. The molecule has 0 spiro atoms. The zero-order valence-electron chi connectivity index (χ0n) is 12.6. The lowest BCUT2D eigenvalue weighted by Gasteiger charge is -2.43. The molecule has 0 saturated carbocycles. The zero-order chi connectivity index (χ0) is 15.6. The van der Waals surface area contributed by atoms with Crippen molar-refractivity contribution >= 4 is 40.3 Å². The minimum absolute atomic E-state index is 0.542. The summed E-state index contributed by atoms with van der Waals surface area (Å²) < 4.78 is -0.855. The van der Waals surface area contributed by atoms with Crippen LogP contribution < -0.4 is 10.2 Å². The average molecular weight is 335 g/mol. The highest BCUT2D eigenvalue weighted by Crippen LogP contribution is 2.44. The van der Waals surface area contributed by atoms with Gasteiger partial charge in [0.1, 0.15) is 0 Å². The van der Waals surface area contributed by atoms with Crippen LogP contribution in [-0.4, -0.2) is 11.0 Å². The molecule has 2 aromatic carbocycles. The Kier molecular flexibility index (Phi) is 4.51. The summed E-state index contributed by atoms with van der Waals surface area (Å²) in [5.41, 5.74) is 3.12. The Balaban J connectivity index is 1.91. The van der Waals surface area contributed by atoms with Crippen molar-refractivity contribution in [3.8, 4) is 0 Å². The summed E-state index contributed by atoms with van der Waals surface area (Å²) in [6.07, 6.45) is 1.87. The Morgan fingerprint density at radius 3 is 2.45 bits per heavy atom. The van der Waals surface area contributed by atoms with Crippen molar-refractivity contribution in [3.05, 3.63) is 54.6 Å². The fourth-order valence-corrected chi connectivity index (χ4v) is 3.81. The molecule has 1 fully saturated rings. The summed E-state index contributed by atoms with van der Waals surface area (Å²) in [6.45, 7) is 3.06. The van der Waals surface area contributed by atoms with E-state index in [9.17, 15) is 0 Å². The van der Waals surface area contributed by atoms with Crippen LogP contribution in [0.4, 0.5) is 17.1 Å². The van der Waals surface area contributed by atoms with Crippen molar-refractivity contribution in [1.29, 1.82) is 0 Å². The Hall–Kier alpha value is -1.38. The van der Waals surface area contributed by atoms with E-state index in [1.165, 1.54) is 0 Å². The summed E-state index contributed by atoms with van der Waals surface area (Å²) >= 11 is 13.2. The molecule has 1 N–H and O–H groups in total. The standard InChI is InChI=1S/C18H20Cl2N2/c1-14-11-12-22(18(19,20)13-14)17-10-6-5-9-16(17)21-15-7-3-2-4-8-15/h2-10,14,21H,11-13H2,1H3. The largest absolute Gasteiger partial charge is 0.354 e. The maximum Gasteiger partial charge on any atom is 0.190 e. The Morgan fingerprint density at radius 2 is 1.73 bits per heavy atom. The number of anilines is 3. The van der Waals surface area contributed by atoms with Gasteiger partial charge < -0.3 is 10.2 Å². The molecule has 0 bridgehead atoms. The van der Waals surface area contributed by atoms with E-state index in [2.05, 4.69) is 29.3 Å². The molecule has 0 radical (unpaired) electrons. The minimum Gasteiger partial charge on any atom is -0.354 e. The molecule has 2 aromatic rings. The number of para-hydroxylation sites is 3. The molecule has 0 aromatic heterocycles. The van der Waals surface area contributed by atoms with Crippen molar-refractivity contribution in [2.24, 2.45) is 5.92 Å². The molecule has 0 aliphatic carbocycles. The number of benzene rings is 2. The van der Waals surface area contributed by atoms with E-state index in [-0.39, 0.29) is 0 Å². The molecule has 116 valence electrons. The molecule has 2 nitrogen and oxygen atoms in total. The van der Waals surface area contributed by atoms with Gasteiger partial charge in [-0.1, -0.05) is 60.5 Å². The lowest BCUT2D eigenvalue weighted by Crippen LogP contribution is -2.46. The molecule has 4 heteroatoms. The predicted molar refractivity (Wildman–Crippen MR) is 96.3 cm³/mol. The second-order valence-electron chi connectivity index (χ2n) is 5.92. The molecule has 1 aliphatic heterocycles. The molecule has 1 unspecified atom stereocenters. The normalized spacial score (nSPS) is 20.7. The maximum absolute atomic E-state index is 6.61. The molecular formula is C18H20Cl2N2. The number of hydrogen-bond donors (Lipinski definition) is 1. The van der Waals surface area contributed by atoms with Gasteiger partial charge in [-0.15, -0.1) is 0 Å². The number of piperidine rings is 1. The minimum atomic E-state index is -0.855. The van der Waals surface area contributed by atoms with Gasteiger partial charge >= 0.3 is 0 Å². The van der Waals surface area contributed by atoms with Crippen LogP contribution in [0.15, 0.2) is 54.6 Å². The molecule has 22 heavy (non-hydrogen) atoms. The van der Waals surface area contributed by atoms with E-state index in [4.69, 9.17) is 23.2 Å². The fraction of sp³-hybridized carbons (Fsp3) is 0.333. The highest BCUT2D eigenvalue weighted by molar-refractivity contribution is 6.49. The Labute approximate surface area is 142 Å². The lowest BCUT2D eigenvalue weighted by atomic mass is 9.98. The first-order chi connectivity index (χ1) is 10.6. The SMILES string of the molecule is CC1CCN(c2ccccc2Nc2ccccc2)C(Cl)(Cl)C1. The summed E-state index contributed by atoms with van der Waals surface area (Å²) in [6, 6.07) is 18.3. The highest BCUT2D eigenvalue weighted by atomic mass is 35.5. The highest BCUT2D eigenvalue weighted by Gasteiger charge is 2.38. The van der Waals surface area contributed by atoms with Crippen LogP contribution >= 0.6 is 23.2 Å². The van der Waals surface area contributed by atoms with Gasteiger partial charge in [0.25, 0.3) is 0 Å². The van der Waals surface area contributed by atoms with Gasteiger partial charge in [-0.05, 0) is 36.6 Å². The number of rotatable bonds is 3. The van der Waals surface area contributed by atoms with Gasteiger partial charge in [0.05, 0.1) is 11.4 Å². The maximum atomic E-state index is 6.61. The third-order valence-electron chi connectivity index (χ3n) is 4.08. The third kappa shape index (κ3) is 3.34. The Bertz CT molecular complexity index is 628. The molecule has 0 amide bonds. The third-order valence-corrected chi connectivity index (χ3v) is 4.80. The van der Waals surface area contributed by atoms with Crippen LogP contribution in [0.2, 0.25) is 0 Å². The number of nitrogens with one attached hydrogen (secondary N) is 1. The molecule has 1 saturated heterocycles. The average Bonchev–Trinajstić information content (AvgIpc) is 2.48. The number of alkyl halides is 2. The smallest absolute Gasteiger partial charge is 0.190 e. The molecule has 3 rings (SSSR count). The van der Waals surface area contributed by atoms with Crippen LogP contribution in [0.3, 0.4) is 0 Å². The van der Waals surface area contributed by atoms with Crippen molar-refractivity contribution in [2.75, 3.05) is 16.8 Å². The number of halogens is 2. The molecule has 1 atom stereocenters. The summed E-state index contributed by atoms with van der Waals surface area (Å²) in [7, 11) is 0. The van der Waals surface area contributed by atoms with E-state index < -0.39 is 4.46 Å². The zero-order valence-corrected chi connectivity index (χ0v) is 14.1. The fourth-order valence-electron chi connectivity index (χ4n) is 2.93. The van der Waals surface area contributed by atoms with Crippen LogP contribution in [0, 0.1) is 5.92 Å². The second kappa shape index (κ2) is 6.39. The van der Waals surface area contributed by atoms with Crippen molar-refractivity contribution in [1.82, 2.24) is 0 Å². The van der Waals surface area contributed by atoms with Gasteiger partial charge in [-0.2, -0.15) is 0 Å². The van der Waals surface area contributed by atoms with Crippen LogP contribution in [0.1, 0.15) is 19.8 Å². The first kappa shape index (κ1) is 15.5. The quantitative estimate of drug-likeness (QED) is 0.563. The first-order valence-corrected chi connectivity index (χ1v) is 8.38.